The fourth-order valence-electron chi connectivity index (χ4n) is 2.91. The number of carbonyl (C=O) groups is 4. The third-order valence-corrected chi connectivity index (χ3v) is 4.73. The van der Waals surface area contributed by atoms with Crippen molar-refractivity contribution in [2.45, 2.75) is 65.0 Å². The maximum Gasteiger partial charge on any atom is 0.325 e. The van der Waals surface area contributed by atoms with Crippen LogP contribution in [0.2, 0.25) is 0 Å². The summed E-state index contributed by atoms with van der Waals surface area (Å²) < 4.78 is 5.15. The number of benzene rings is 1. The number of urea groups is 1. The van der Waals surface area contributed by atoms with Crippen molar-refractivity contribution in [3.63, 3.8) is 0 Å². The summed E-state index contributed by atoms with van der Waals surface area (Å²) in [6.07, 6.45) is -0.694. The summed E-state index contributed by atoms with van der Waals surface area (Å²) in [6.45, 7) is 9.03. The Hall–Kier alpha value is -2.90. The highest BCUT2D eigenvalue weighted by Gasteiger charge is 2.43. The van der Waals surface area contributed by atoms with Gasteiger partial charge in [0.05, 0.1) is 0 Å². The second-order valence-electron chi connectivity index (χ2n) is 8.01. The maximum absolute atomic E-state index is 12.2. The van der Waals surface area contributed by atoms with Gasteiger partial charge in [0, 0.05) is 18.7 Å². The number of amides is 4. The van der Waals surface area contributed by atoms with Gasteiger partial charge in [0.15, 0.2) is 6.10 Å². The van der Waals surface area contributed by atoms with E-state index in [2.05, 4.69) is 24.5 Å². The lowest BCUT2D eigenvalue weighted by Gasteiger charge is -2.16. The zero-order chi connectivity index (χ0) is 21.8. The van der Waals surface area contributed by atoms with Crippen molar-refractivity contribution in [1.82, 2.24) is 10.2 Å². The second kappa shape index (κ2) is 9.07. The number of nitrogens with zero attached hydrogens (tertiary/aromatic N) is 1. The summed E-state index contributed by atoms with van der Waals surface area (Å²) in [5, 5.41) is 5.29. The first-order chi connectivity index (χ1) is 13.5. The molecule has 1 heterocycles. The summed E-state index contributed by atoms with van der Waals surface area (Å²) >= 11 is 0. The van der Waals surface area contributed by atoms with E-state index in [1.807, 2.05) is 12.1 Å². The molecule has 1 aliphatic rings. The number of ether oxygens (including phenoxy) is 1. The number of imide groups is 1. The van der Waals surface area contributed by atoms with E-state index in [0.29, 0.717) is 11.6 Å². The maximum atomic E-state index is 12.2. The van der Waals surface area contributed by atoms with E-state index in [1.165, 1.54) is 6.92 Å². The van der Waals surface area contributed by atoms with Crippen LogP contribution in [0.15, 0.2) is 24.3 Å². The molecule has 1 fully saturated rings. The molecule has 0 radical (unpaired) electrons. The number of esters is 1. The van der Waals surface area contributed by atoms with Crippen molar-refractivity contribution < 1.29 is 23.9 Å². The number of nitrogens with one attached hydrogen (secondary N) is 2. The van der Waals surface area contributed by atoms with Crippen molar-refractivity contribution in [1.29, 1.82) is 0 Å². The predicted octanol–water partition coefficient (Wildman–Crippen LogP) is 2.79. The molecule has 2 rings (SSSR count). The SMILES string of the molecule is CC(C)c1ccc(NC(=O)[C@H](C)OC(=O)CCCN2C(=O)NC(C)(C)C2=O)cc1. The van der Waals surface area contributed by atoms with Crippen LogP contribution in [0, 0.1) is 0 Å². The molecule has 1 aromatic rings. The Labute approximate surface area is 171 Å². The number of rotatable bonds is 8. The molecule has 0 bridgehead atoms. The van der Waals surface area contributed by atoms with Crippen LogP contribution in [-0.2, 0) is 19.1 Å². The van der Waals surface area contributed by atoms with Crippen molar-refractivity contribution in [3.05, 3.63) is 29.8 Å². The second-order valence-corrected chi connectivity index (χ2v) is 8.01. The normalized spacial score (nSPS) is 16.6. The van der Waals surface area contributed by atoms with Gasteiger partial charge in [0.25, 0.3) is 11.8 Å². The van der Waals surface area contributed by atoms with E-state index >= 15 is 0 Å². The zero-order valence-electron chi connectivity index (χ0n) is 17.6. The van der Waals surface area contributed by atoms with Crippen LogP contribution in [0.1, 0.15) is 58.9 Å². The van der Waals surface area contributed by atoms with Crippen LogP contribution in [-0.4, -0.2) is 46.9 Å². The average molecular weight is 403 g/mol. The highest BCUT2D eigenvalue weighted by molar-refractivity contribution is 6.06. The molecule has 4 amide bonds. The first kappa shape index (κ1) is 22.4. The molecule has 0 saturated carbocycles. The molecule has 0 unspecified atom stereocenters. The summed E-state index contributed by atoms with van der Waals surface area (Å²) in [6, 6.07) is 7.02. The Morgan fingerprint density at radius 2 is 1.76 bits per heavy atom. The minimum absolute atomic E-state index is 0.00179. The smallest absolute Gasteiger partial charge is 0.325 e. The Kier molecular flexibility index (Phi) is 7.00. The summed E-state index contributed by atoms with van der Waals surface area (Å²) in [7, 11) is 0. The third kappa shape index (κ3) is 5.79. The number of hydrogen-bond donors (Lipinski definition) is 2. The summed E-state index contributed by atoms with van der Waals surface area (Å²) in [5.41, 5.74) is 0.858. The van der Waals surface area contributed by atoms with Gasteiger partial charge in [-0.25, -0.2) is 4.79 Å². The molecule has 158 valence electrons. The minimum Gasteiger partial charge on any atom is -0.453 e. The van der Waals surface area contributed by atoms with Crippen LogP contribution in [0.4, 0.5) is 10.5 Å². The number of anilines is 1. The summed E-state index contributed by atoms with van der Waals surface area (Å²) in [4.78, 5) is 49.2. The van der Waals surface area contributed by atoms with E-state index in [4.69, 9.17) is 4.74 Å². The molecular formula is C21H29N3O5. The first-order valence-electron chi connectivity index (χ1n) is 9.75. The largest absolute Gasteiger partial charge is 0.453 e. The molecule has 0 aromatic heterocycles. The van der Waals surface area contributed by atoms with Gasteiger partial charge in [-0.1, -0.05) is 26.0 Å². The first-order valence-corrected chi connectivity index (χ1v) is 9.75. The van der Waals surface area contributed by atoms with Crippen molar-refractivity contribution in [3.8, 4) is 0 Å². The van der Waals surface area contributed by atoms with E-state index < -0.39 is 29.6 Å². The van der Waals surface area contributed by atoms with E-state index in [1.54, 1.807) is 26.0 Å². The van der Waals surface area contributed by atoms with Crippen LogP contribution < -0.4 is 10.6 Å². The topological polar surface area (TPSA) is 105 Å². The predicted molar refractivity (Wildman–Crippen MR) is 108 cm³/mol. The molecular weight excluding hydrogens is 374 g/mol. The molecule has 2 N–H and O–H groups in total. The monoisotopic (exact) mass is 403 g/mol. The highest BCUT2D eigenvalue weighted by Crippen LogP contribution is 2.18. The average Bonchev–Trinajstić information content (AvgIpc) is 2.83. The lowest BCUT2D eigenvalue weighted by molar-refractivity contribution is -0.153. The van der Waals surface area contributed by atoms with E-state index in [9.17, 15) is 19.2 Å². The lowest BCUT2D eigenvalue weighted by atomic mass is 10.0. The molecule has 1 aromatic carbocycles. The van der Waals surface area contributed by atoms with Crippen LogP contribution >= 0.6 is 0 Å². The highest BCUT2D eigenvalue weighted by atomic mass is 16.5. The van der Waals surface area contributed by atoms with Gasteiger partial charge in [-0.05, 0) is 50.8 Å². The fraction of sp³-hybridized carbons (Fsp3) is 0.524. The minimum atomic E-state index is -0.956. The Balaban J connectivity index is 1.76. The molecule has 0 spiro atoms. The number of hydrogen-bond acceptors (Lipinski definition) is 5. The summed E-state index contributed by atoms with van der Waals surface area (Å²) in [5.74, 6) is -0.916. The molecule has 1 saturated heterocycles. The lowest BCUT2D eigenvalue weighted by Crippen LogP contribution is -2.40. The van der Waals surface area contributed by atoms with Gasteiger partial charge in [0.1, 0.15) is 5.54 Å². The van der Waals surface area contributed by atoms with Crippen molar-refractivity contribution in [2.24, 2.45) is 0 Å². The van der Waals surface area contributed by atoms with Crippen molar-refractivity contribution in [2.75, 3.05) is 11.9 Å². The van der Waals surface area contributed by atoms with Gasteiger partial charge in [0.2, 0.25) is 0 Å². The van der Waals surface area contributed by atoms with Crippen LogP contribution in [0.5, 0.6) is 0 Å². The molecule has 8 heteroatoms. The Morgan fingerprint density at radius 3 is 2.28 bits per heavy atom. The van der Waals surface area contributed by atoms with Gasteiger partial charge in [-0.15, -0.1) is 0 Å². The van der Waals surface area contributed by atoms with E-state index in [-0.39, 0.29) is 25.3 Å². The zero-order valence-corrected chi connectivity index (χ0v) is 17.6. The molecule has 8 nitrogen and oxygen atoms in total. The number of carbonyl (C=O) groups excluding carboxylic acids is 4. The molecule has 0 aliphatic carbocycles. The van der Waals surface area contributed by atoms with Crippen LogP contribution in [0.3, 0.4) is 0 Å². The Bertz CT molecular complexity index is 786. The Morgan fingerprint density at radius 1 is 1.14 bits per heavy atom. The van der Waals surface area contributed by atoms with Gasteiger partial charge < -0.3 is 15.4 Å². The standard InChI is InChI=1S/C21H29N3O5/c1-13(2)15-8-10-16(11-9-15)22-18(26)14(3)29-17(25)7-6-12-24-19(27)21(4,5)23-20(24)28/h8-11,13-14H,6-7,12H2,1-5H3,(H,22,26)(H,23,28)/t14-/m0/s1. The molecule has 29 heavy (non-hydrogen) atoms. The quantitative estimate of drug-likeness (QED) is 0.513. The third-order valence-electron chi connectivity index (χ3n) is 4.73. The van der Waals surface area contributed by atoms with Gasteiger partial charge >= 0.3 is 12.0 Å². The molecule has 1 aliphatic heterocycles. The van der Waals surface area contributed by atoms with Gasteiger partial charge in [-0.2, -0.15) is 0 Å². The fourth-order valence-corrected chi connectivity index (χ4v) is 2.91. The van der Waals surface area contributed by atoms with Crippen molar-refractivity contribution >= 4 is 29.5 Å². The van der Waals surface area contributed by atoms with Gasteiger partial charge in [-0.3, -0.25) is 19.3 Å². The molecule has 1 atom stereocenters. The van der Waals surface area contributed by atoms with Crippen LogP contribution in [0.25, 0.3) is 0 Å². The van der Waals surface area contributed by atoms with E-state index in [0.717, 1.165) is 10.5 Å².